The van der Waals surface area contributed by atoms with Crippen molar-refractivity contribution in [1.29, 1.82) is 0 Å². The van der Waals surface area contributed by atoms with E-state index in [9.17, 15) is 21.6 Å². The standard InChI is InChI=1S/C22H35F3N2O3S/c1-3-27(4-2)15-5-6-16-30-20-11-7-18(8-12-20)17-26-31(28,29)21-13-9-19(10-14-21)22(23,24)25/h9-10,13-14,18,20,26H,3-8,11-12,15-17H2,1-2H3. The van der Waals surface area contributed by atoms with E-state index in [1.54, 1.807) is 0 Å². The Labute approximate surface area is 184 Å². The van der Waals surface area contributed by atoms with Crippen LogP contribution < -0.4 is 4.72 Å². The van der Waals surface area contributed by atoms with Gasteiger partial charge in [0, 0.05) is 13.2 Å². The van der Waals surface area contributed by atoms with Gasteiger partial charge in [-0.15, -0.1) is 0 Å². The summed E-state index contributed by atoms with van der Waals surface area (Å²) in [5.41, 5.74) is -0.863. The summed E-state index contributed by atoms with van der Waals surface area (Å²) < 4.78 is 71.2. The Balaban J connectivity index is 1.67. The van der Waals surface area contributed by atoms with E-state index in [2.05, 4.69) is 23.5 Å². The lowest BCUT2D eigenvalue weighted by molar-refractivity contribution is -0.137. The van der Waals surface area contributed by atoms with E-state index < -0.39 is 21.8 Å². The Hall–Kier alpha value is -1.16. The minimum absolute atomic E-state index is 0.151. The third-order valence-electron chi connectivity index (χ3n) is 5.96. The van der Waals surface area contributed by atoms with Gasteiger partial charge >= 0.3 is 6.18 Å². The molecule has 178 valence electrons. The molecule has 1 fully saturated rings. The Morgan fingerprint density at radius 3 is 2.19 bits per heavy atom. The minimum Gasteiger partial charge on any atom is -0.378 e. The molecular formula is C22H35F3N2O3S. The number of benzene rings is 1. The van der Waals surface area contributed by atoms with Gasteiger partial charge in [0.15, 0.2) is 0 Å². The van der Waals surface area contributed by atoms with Crippen molar-refractivity contribution < 1.29 is 26.3 Å². The zero-order valence-electron chi connectivity index (χ0n) is 18.5. The zero-order chi connectivity index (χ0) is 22.9. The molecule has 0 unspecified atom stereocenters. The van der Waals surface area contributed by atoms with Crippen LogP contribution in [0.15, 0.2) is 29.2 Å². The van der Waals surface area contributed by atoms with Crippen LogP contribution in [0, 0.1) is 5.92 Å². The van der Waals surface area contributed by atoms with Crippen LogP contribution in [0.5, 0.6) is 0 Å². The maximum atomic E-state index is 12.6. The predicted octanol–water partition coefficient (Wildman–Crippen LogP) is 4.68. The van der Waals surface area contributed by atoms with Crippen LogP contribution in [0.2, 0.25) is 0 Å². The Morgan fingerprint density at radius 2 is 1.65 bits per heavy atom. The van der Waals surface area contributed by atoms with Gasteiger partial charge in [-0.1, -0.05) is 13.8 Å². The second-order valence-corrected chi connectivity index (χ2v) is 9.89. The number of sulfonamides is 1. The molecule has 1 aromatic carbocycles. The van der Waals surface area contributed by atoms with E-state index in [-0.39, 0.29) is 16.9 Å². The van der Waals surface area contributed by atoms with Crippen molar-refractivity contribution in [3.8, 4) is 0 Å². The molecular weight excluding hydrogens is 429 g/mol. The summed E-state index contributed by atoms with van der Waals surface area (Å²) in [4.78, 5) is 2.25. The van der Waals surface area contributed by atoms with Gasteiger partial charge in [-0.25, -0.2) is 13.1 Å². The number of rotatable bonds is 12. The van der Waals surface area contributed by atoms with Crippen molar-refractivity contribution in [2.24, 2.45) is 5.92 Å². The highest BCUT2D eigenvalue weighted by molar-refractivity contribution is 7.89. The number of hydrogen-bond donors (Lipinski definition) is 1. The quantitative estimate of drug-likeness (QED) is 0.456. The first kappa shape index (κ1) is 26.1. The number of nitrogens with one attached hydrogen (secondary N) is 1. The van der Waals surface area contributed by atoms with Gasteiger partial charge < -0.3 is 9.64 Å². The molecule has 0 amide bonds. The van der Waals surface area contributed by atoms with Crippen molar-refractivity contribution in [3.05, 3.63) is 29.8 Å². The summed E-state index contributed by atoms with van der Waals surface area (Å²) in [6.45, 7) is 8.64. The van der Waals surface area contributed by atoms with Gasteiger partial charge in [0.2, 0.25) is 10.0 Å². The van der Waals surface area contributed by atoms with Gasteiger partial charge in [0.25, 0.3) is 0 Å². The molecule has 0 aliphatic heterocycles. The monoisotopic (exact) mass is 464 g/mol. The molecule has 2 rings (SSSR count). The normalized spacial score (nSPS) is 20.3. The molecule has 1 aromatic rings. The minimum atomic E-state index is -4.48. The summed E-state index contributed by atoms with van der Waals surface area (Å²) >= 11 is 0. The molecule has 0 saturated heterocycles. The predicted molar refractivity (Wildman–Crippen MR) is 115 cm³/mol. The first-order valence-corrected chi connectivity index (χ1v) is 12.6. The smallest absolute Gasteiger partial charge is 0.378 e. The van der Waals surface area contributed by atoms with Crippen LogP contribution >= 0.6 is 0 Å². The topological polar surface area (TPSA) is 58.6 Å². The molecule has 0 atom stereocenters. The van der Waals surface area contributed by atoms with Crippen molar-refractivity contribution in [2.75, 3.05) is 32.8 Å². The Kier molecular flexibility index (Phi) is 10.3. The van der Waals surface area contributed by atoms with Crippen molar-refractivity contribution in [3.63, 3.8) is 0 Å². The number of halogens is 3. The summed E-state index contributed by atoms with van der Waals surface area (Å²) in [6, 6.07) is 3.57. The lowest BCUT2D eigenvalue weighted by atomic mass is 9.87. The summed E-state index contributed by atoms with van der Waals surface area (Å²) in [6.07, 6.45) is 1.48. The fourth-order valence-corrected chi connectivity index (χ4v) is 4.98. The molecule has 1 saturated carbocycles. The fourth-order valence-electron chi connectivity index (χ4n) is 3.86. The largest absolute Gasteiger partial charge is 0.416 e. The Bertz CT molecular complexity index is 742. The molecule has 5 nitrogen and oxygen atoms in total. The van der Waals surface area contributed by atoms with Crippen LogP contribution in [-0.2, 0) is 20.9 Å². The molecule has 1 aliphatic carbocycles. The third-order valence-corrected chi connectivity index (χ3v) is 7.40. The average molecular weight is 465 g/mol. The van der Waals surface area contributed by atoms with Crippen LogP contribution in [-0.4, -0.2) is 52.2 Å². The van der Waals surface area contributed by atoms with Crippen molar-refractivity contribution >= 4 is 10.0 Å². The van der Waals surface area contributed by atoms with Crippen LogP contribution in [0.25, 0.3) is 0 Å². The van der Waals surface area contributed by atoms with E-state index in [1.165, 1.54) is 0 Å². The fraction of sp³-hybridized carbons (Fsp3) is 0.727. The van der Waals surface area contributed by atoms with E-state index in [0.29, 0.717) is 6.54 Å². The third kappa shape index (κ3) is 8.71. The number of alkyl halides is 3. The average Bonchev–Trinajstić information content (AvgIpc) is 2.75. The van der Waals surface area contributed by atoms with E-state index >= 15 is 0 Å². The molecule has 9 heteroatoms. The summed E-state index contributed by atoms with van der Waals surface area (Å²) in [5.74, 6) is 0.215. The highest BCUT2D eigenvalue weighted by Gasteiger charge is 2.31. The summed E-state index contributed by atoms with van der Waals surface area (Å²) in [7, 11) is -3.82. The number of unbranched alkanes of at least 4 members (excludes halogenated alkanes) is 1. The molecule has 0 bridgehead atoms. The van der Waals surface area contributed by atoms with Crippen LogP contribution in [0.3, 0.4) is 0 Å². The van der Waals surface area contributed by atoms with E-state index in [4.69, 9.17) is 4.74 Å². The molecule has 1 aliphatic rings. The lowest BCUT2D eigenvalue weighted by Crippen LogP contribution is -2.33. The van der Waals surface area contributed by atoms with Crippen molar-refractivity contribution in [2.45, 2.75) is 69.5 Å². The maximum absolute atomic E-state index is 12.6. The highest BCUT2D eigenvalue weighted by atomic mass is 32.2. The highest BCUT2D eigenvalue weighted by Crippen LogP contribution is 2.30. The number of ether oxygens (including phenoxy) is 1. The zero-order valence-corrected chi connectivity index (χ0v) is 19.3. The van der Waals surface area contributed by atoms with Crippen LogP contribution in [0.1, 0.15) is 57.9 Å². The number of hydrogen-bond acceptors (Lipinski definition) is 4. The second kappa shape index (κ2) is 12.2. The van der Waals surface area contributed by atoms with Gasteiger partial charge in [-0.2, -0.15) is 13.2 Å². The van der Waals surface area contributed by atoms with Gasteiger partial charge in [0.05, 0.1) is 16.6 Å². The van der Waals surface area contributed by atoms with E-state index in [0.717, 1.165) is 89.0 Å². The molecule has 0 aromatic heterocycles. The van der Waals surface area contributed by atoms with Crippen molar-refractivity contribution in [1.82, 2.24) is 9.62 Å². The van der Waals surface area contributed by atoms with Gasteiger partial charge in [0.1, 0.15) is 0 Å². The van der Waals surface area contributed by atoms with Gasteiger partial charge in [-0.05, 0) is 88.3 Å². The first-order valence-electron chi connectivity index (χ1n) is 11.2. The molecule has 31 heavy (non-hydrogen) atoms. The molecule has 1 N–H and O–H groups in total. The molecule has 0 heterocycles. The van der Waals surface area contributed by atoms with Crippen LogP contribution in [0.4, 0.5) is 13.2 Å². The SMILES string of the molecule is CCN(CC)CCCCOC1CCC(CNS(=O)(=O)c2ccc(C(F)(F)F)cc2)CC1. The first-order chi connectivity index (χ1) is 14.7. The summed E-state index contributed by atoms with van der Waals surface area (Å²) in [5, 5.41) is 0. The molecule has 0 radical (unpaired) electrons. The van der Waals surface area contributed by atoms with Gasteiger partial charge in [-0.3, -0.25) is 0 Å². The Morgan fingerprint density at radius 1 is 1.03 bits per heavy atom. The molecule has 0 spiro atoms. The number of nitrogens with zero attached hydrogens (tertiary/aromatic N) is 1. The maximum Gasteiger partial charge on any atom is 0.416 e. The van der Waals surface area contributed by atoms with E-state index in [1.807, 2.05) is 0 Å². The lowest BCUT2D eigenvalue weighted by Gasteiger charge is -2.28. The second-order valence-electron chi connectivity index (χ2n) is 8.12.